The third kappa shape index (κ3) is 6.05. The van der Waals surface area contributed by atoms with E-state index in [1.807, 2.05) is 30.3 Å². The Kier molecular flexibility index (Phi) is 8.62. The molecule has 3 fully saturated rings. The van der Waals surface area contributed by atoms with Gasteiger partial charge in [0.1, 0.15) is 42.7 Å². The first-order valence-corrected chi connectivity index (χ1v) is 11.9. The highest BCUT2D eigenvalue weighted by Gasteiger charge is 2.55. The molecule has 0 saturated carbocycles. The molecule has 3 aliphatic heterocycles. The lowest BCUT2D eigenvalue weighted by Gasteiger charge is -2.52. The highest BCUT2D eigenvalue weighted by atomic mass is 16.8. The summed E-state index contributed by atoms with van der Waals surface area (Å²) < 4.78 is 40.4. The van der Waals surface area contributed by atoms with Crippen LogP contribution >= 0.6 is 0 Å². The van der Waals surface area contributed by atoms with Gasteiger partial charge in [0.2, 0.25) is 5.91 Å². The number of fused-ring (bicyclic) bond motifs is 1. The molecule has 0 bridgehead atoms. The van der Waals surface area contributed by atoms with Crippen molar-refractivity contribution in [3.05, 3.63) is 35.9 Å². The molecule has 3 aliphatic rings. The Hall–Kier alpha value is -1.71. The quantitative estimate of drug-likeness (QED) is 0.369. The van der Waals surface area contributed by atoms with Crippen molar-refractivity contribution in [2.45, 2.75) is 94.7 Å². The number of hydrogen-bond acceptors (Lipinski definition) is 11. The third-order valence-electron chi connectivity index (χ3n) is 6.36. The van der Waals surface area contributed by atoms with Crippen LogP contribution in [0.25, 0.3) is 0 Å². The molecule has 0 spiro atoms. The molecule has 4 rings (SSSR count). The zero-order valence-corrected chi connectivity index (χ0v) is 20.7. The first-order chi connectivity index (χ1) is 17.1. The second-order valence-corrected chi connectivity index (χ2v) is 9.54. The van der Waals surface area contributed by atoms with Gasteiger partial charge in [-0.15, -0.1) is 0 Å². The summed E-state index contributed by atoms with van der Waals surface area (Å²) >= 11 is 0. The fourth-order valence-corrected chi connectivity index (χ4v) is 4.61. The van der Waals surface area contributed by atoms with Gasteiger partial charge in [0.25, 0.3) is 0 Å². The lowest BCUT2D eigenvalue weighted by atomic mass is 9.94. The van der Waals surface area contributed by atoms with Crippen LogP contribution in [0.15, 0.2) is 30.3 Å². The third-order valence-corrected chi connectivity index (χ3v) is 6.36. The highest BCUT2D eigenvalue weighted by molar-refractivity contribution is 5.73. The molecule has 0 aliphatic carbocycles. The van der Waals surface area contributed by atoms with Crippen molar-refractivity contribution in [3.63, 3.8) is 0 Å². The van der Waals surface area contributed by atoms with Gasteiger partial charge in [-0.2, -0.15) is 0 Å². The smallest absolute Gasteiger partial charge is 0.217 e. The maximum atomic E-state index is 12.0. The van der Waals surface area contributed by atoms with Crippen molar-refractivity contribution in [1.82, 2.24) is 5.32 Å². The highest BCUT2D eigenvalue weighted by Crippen LogP contribution is 2.36. The molecule has 3 saturated heterocycles. The van der Waals surface area contributed by atoms with Gasteiger partial charge in [-0.1, -0.05) is 30.3 Å². The van der Waals surface area contributed by atoms with Crippen molar-refractivity contribution >= 4 is 5.91 Å². The van der Waals surface area contributed by atoms with Crippen LogP contribution in [0.4, 0.5) is 0 Å². The summed E-state index contributed by atoms with van der Waals surface area (Å²) in [6, 6.07) is 8.32. The van der Waals surface area contributed by atoms with Gasteiger partial charge < -0.3 is 53.8 Å². The zero-order valence-electron chi connectivity index (χ0n) is 20.7. The van der Waals surface area contributed by atoms with Crippen LogP contribution in [0, 0.1) is 0 Å². The van der Waals surface area contributed by atoms with E-state index in [0.717, 1.165) is 5.56 Å². The average Bonchev–Trinajstić information content (AvgIpc) is 2.83. The van der Waals surface area contributed by atoms with Crippen LogP contribution in [0.3, 0.4) is 0 Å². The van der Waals surface area contributed by atoms with Crippen molar-refractivity contribution in [3.8, 4) is 0 Å². The van der Waals surface area contributed by atoms with E-state index in [2.05, 4.69) is 5.32 Å². The van der Waals surface area contributed by atoms with E-state index in [9.17, 15) is 20.1 Å². The number of benzene rings is 1. The molecule has 1 aromatic carbocycles. The number of amides is 1. The molecule has 0 radical (unpaired) electrons. The van der Waals surface area contributed by atoms with Crippen molar-refractivity contribution in [2.24, 2.45) is 0 Å². The predicted octanol–water partition coefficient (Wildman–Crippen LogP) is -0.619. The molecule has 1 amide bonds. The molecule has 10 atom stereocenters. The number of carbonyl (C=O) groups is 1. The Bertz CT molecular complexity index is 871. The molecule has 12 heteroatoms. The Balaban J connectivity index is 1.51. The van der Waals surface area contributed by atoms with Crippen LogP contribution in [0.1, 0.15) is 26.3 Å². The van der Waals surface area contributed by atoms with Crippen molar-refractivity contribution in [2.75, 3.05) is 13.7 Å². The number of methoxy groups -OCH3 is 1. The van der Waals surface area contributed by atoms with Crippen molar-refractivity contribution < 1.29 is 53.3 Å². The van der Waals surface area contributed by atoms with Crippen LogP contribution in [-0.4, -0.2) is 102 Å². The Labute approximate surface area is 209 Å². The molecule has 0 unspecified atom stereocenters. The van der Waals surface area contributed by atoms with Gasteiger partial charge in [-0.25, -0.2) is 0 Å². The Morgan fingerprint density at radius 1 is 1.08 bits per heavy atom. The molecule has 12 nitrogen and oxygen atoms in total. The number of aliphatic hydroxyl groups excluding tert-OH is 3. The monoisotopic (exact) mass is 513 g/mol. The predicted molar refractivity (Wildman–Crippen MR) is 121 cm³/mol. The summed E-state index contributed by atoms with van der Waals surface area (Å²) in [6.07, 6.45) is -10.7. The number of nitrogens with one attached hydrogen (secondary N) is 1. The van der Waals surface area contributed by atoms with Gasteiger partial charge in [0.05, 0.1) is 13.2 Å². The second-order valence-electron chi connectivity index (χ2n) is 9.54. The van der Waals surface area contributed by atoms with E-state index in [1.54, 1.807) is 13.8 Å². The molecule has 36 heavy (non-hydrogen) atoms. The molecule has 4 N–H and O–H groups in total. The van der Waals surface area contributed by atoms with E-state index in [1.165, 1.54) is 14.0 Å². The minimum absolute atomic E-state index is 0.0913. The van der Waals surface area contributed by atoms with Crippen molar-refractivity contribution in [1.29, 1.82) is 0 Å². The maximum absolute atomic E-state index is 12.0. The van der Waals surface area contributed by atoms with Crippen LogP contribution in [0.2, 0.25) is 0 Å². The summed E-state index contributed by atoms with van der Waals surface area (Å²) in [5.41, 5.74) is 0.820. The first kappa shape index (κ1) is 27.3. The van der Waals surface area contributed by atoms with E-state index in [0.29, 0.717) is 0 Å². The van der Waals surface area contributed by atoms with Gasteiger partial charge >= 0.3 is 0 Å². The van der Waals surface area contributed by atoms with E-state index >= 15 is 0 Å². The maximum Gasteiger partial charge on any atom is 0.217 e. The second kappa shape index (κ2) is 11.4. The minimum Gasteiger partial charge on any atom is -0.387 e. The normalized spacial score (nSPS) is 40.3. The number of carbonyl (C=O) groups excluding carboxylic acids is 1. The number of ether oxygens (including phenoxy) is 7. The molecule has 3 heterocycles. The fraction of sp³-hybridized carbons (Fsp3) is 0.708. The Morgan fingerprint density at radius 2 is 1.81 bits per heavy atom. The largest absolute Gasteiger partial charge is 0.387 e. The SMILES string of the molecule is CO[C@@H]1O[C@@H]2COC(C)(C)O[C@H]2[C@H](O[C@@H]2O[C@@H](O)[C@H](OCc3ccccc3)[C@@H](O)[C@H]2O)[C@H]1NC(C)=O. The molecule has 202 valence electrons. The average molecular weight is 514 g/mol. The van der Waals surface area contributed by atoms with Gasteiger partial charge in [-0.3, -0.25) is 4.79 Å². The molecular formula is C24H35NO11. The van der Waals surface area contributed by atoms with Gasteiger partial charge in [0.15, 0.2) is 24.7 Å². The van der Waals surface area contributed by atoms with E-state index in [-0.39, 0.29) is 19.1 Å². The summed E-state index contributed by atoms with van der Waals surface area (Å²) in [6.45, 7) is 5.04. The fourth-order valence-electron chi connectivity index (χ4n) is 4.61. The molecular weight excluding hydrogens is 478 g/mol. The lowest BCUT2D eigenvalue weighted by Crippen LogP contribution is -2.70. The van der Waals surface area contributed by atoms with Crippen LogP contribution < -0.4 is 5.32 Å². The lowest BCUT2D eigenvalue weighted by molar-refractivity contribution is -0.402. The summed E-state index contributed by atoms with van der Waals surface area (Å²) in [7, 11) is 1.42. The summed E-state index contributed by atoms with van der Waals surface area (Å²) in [5, 5.41) is 34.9. The summed E-state index contributed by atoms with van der Waals surface area (Å²) in [5.74, 6) is -1.35. The van der Waals surface area contributed by atoms with E-state index < -0.39 is 67.3 Å². The summed E-state index contributed by atoms with van der Waals surface area (Å²) in [4.78, 5) is 12.0. The number of rotatable bonds is 7. The number of hydrogen-bond donors (Lipinski definition) is 4. The minimum atomic E-state index is -1.60. The molecule has 1 aromatic rings. The van der Waals surface area contributed by atoms with Crippen LogP contribution in [0.5, 0.6) is 0 Å². The van der Waals surface area contributed by atoms with E-state index in [4.69, 9.17) is 33.2 Å². The molecule has 0 aromatic heterocycles. The standard InChI is InChI=1S/C24H35NO11/c1-12(26)25-15-19(18-14(33-22(15)30-4)11-32-24(2,3)36-18)34-23-17(28)16(27)20(21(29)35-23)31-10-13-8-6-5-7-9-13/h5-9,14-23,27-29H,10-11H2,1-4H3,(H,25,26)/t14-,15-,16+,17-,18-,19-,20-,21-,22-,23-/m1/s1. The Morgan fingerprint density at radius 3 is 2.47 bits per heavy atom. The topological polar surface area (TPSA) is 154 Å². The van der Waals surface area contributed by atoms with Crippen LogP contribution in [-0.2, 0) is 44.6 Å². The number of aliphatic hydroxyl groups is 3. The first-order valence-electron chi connectivity index (χ1n) is 11.9. The zero-order chi connectivity index (χ0) is 26.0. The van der Waals surface area contributed by atoms with Gasteiger partial charge in [-0.05, 0) is 19.4 Å². The van der Waals surface area contributed by atoms with Gasteiger partial charge in [0, 0.05) is 14.0 Å².